The first-order valence-corrected chi connectivity index (χ1v) is 12.1. The van der Waals surface area contributed by atoms with Crippen LogP contribution in [0.2, 0.25) is 0 Å². The molecule has 1 aliphatic heterocycles. The second-order valence-electron chi connectivity index (χ2n) is 9.16. The lowest BCUT2D eigenvalue weighted by atomic mass is 9.98. The third-order valence-electron chi connectivity index (χ3n) is 6.82. The van der Waals surface area contributed by atoms with Crippen molar-refractivity contribution in [2.24, 2.45) is 0 Å². The van der Waals surface area contributed by atoms with Crippen molar-refractivity contribution < 1.29 is 9.59 Å². The van der Waals surface area contributed by atoms with Crippen LogP contribution in [0.15, 0.2) is 90.1 Å². The maximum Gasteiger partial charge on any atom is 0.262 e. The molecule has 184 valence electrons. The topological polar surface area (TPSA) is 102 Å². The summed E-state index contributed by atoms with van der Waals surface area (Å²) in [6, 6.07) is 21.0. The molecule has 4 heterocycles. The lowest BCUT2D eigenvalue weighted by molar-refractivity contribution is -0.121. The summed E-state index contributed by atoms with van der Waals surface area (Å²) >= 11 is 0. The molecule has 0 radical (unpaired) electrons. The summed E-state index contributed by atoms with van der Waals surface area (Å²) in [5, 5.41) is 7.58. The third kappa shape index (κ3) is 4.24. The van der Waals surface area contributed by atoms with E-state index in [0.29, 0.717) is 36.2 Å². The third-order valence-corrected chi connectivity index (χ3v) is 6.82. The monoisotopic (exact) mass is 492 g/mol. The van der Waals surface area contributed by atoms with Crippen molar-refractivity contribution in [2.45, 2.75) is 19.0 Å². The van der Waals surface area contributed by atoms with E-state index in [4.69, 9.17) is 0 Å². The van der Waals surface area contributed by atoms with Crippen LogP contribution in [0.25, 0.3) is 16.6 Å². The Morgan fingerprint density at radius 2 is 1.81 bits per heavy atom. The number of nitrogens with zero attached hydrogens (tertiary/aromatic N) is 5. The van der Waals surface area contributed by atoms with Gasteiger partial charge in [0, 0.05) is 49.6 Å². The second kappa shape index (κ2) is 9.34. The van der Waals surface area contributed by atoms with Gasteiger partial charge in [0.1, 0.15) is 6.54 Å². The molecule has 5 aromatic rings. The van der Waals surface area contributed by atoms with Gasteiger partial charge < -0.3 is 14.8 Å². The molecular weight excluding hydrogens is 468 g/mol. The number of amides is 2. The molecule has 1 atom stereocenters. The largest absolute Gasteiger partial charge is 0.354 e. The second-order valence-corrected chi connectivity index (χ2v) is 9.16. The zero-order chi connectivity index (χ0) is 25.4. The van der Waals surface area contributed by atoms with Crippen LogP contribution in [0.5, 0.6) is 0 Å². The molecule has 6 rings (SSSR count). The van der Waals surface area contributed by atoms with Crippen LogP contribution >= 0.6 is 0 Å². The fourth-order valence-corrected chi connectivity index (χ4v) is 4.91. The van der Waals surface area contributed by atoms with E-state index in [0.717, 1.165) is 16.7 Å². The van der Waals surface area contributed by atoms with Gasteiger partial charge >= 0.3 is 0 Å². The fraction of sp³-hybridized carbons (Fsp3) is 0.179. The number of hydrogen-bond acceptors (Lipinski definition) is 5. The minimum Gasteiger partial charge on any atom is -0.354 e. The van der Waals surface area contributed by atoms with Crippen molar-refractivity contribution >= 4 is 28.4 Å². The van der Waals surface area contributed by atoms with Crippen molar-refractivity contribution in [3.05, 3.63) is 112 Å². The molecule has 9 nitrogen and oxygen atoms in total. The first-order chi connectivity index (χ1) is 18.1. The Morgan fingerprint density at radius 3 is 2.65 bits per heavy atom. The highest BCUT2D eigenvalue weighted by Gasteiger charge is 2.29. The van der Waals surface area contributed by atoms with Crippen molar-refractivity contribution in [1.29, 1.82) is 0 Å². The highest BCUT2D eigenvalue weighted by Crippen LogP contribution is 2.26. The standard InChI is InChI=1S/C28H24N6O3/c35-26(18-32-13-11-24-23(28(32)37)15-29-25-10-12-31-34(24)25)30-14-21(19-6-2-1-3-7-19)17-33-16-20-8-4-5-9-22(20)27(33)36/h1-13,15,21H,14,16-18H2,(H,30,35)/t21-/m0/s1. The van der Waals surface area contributed by atoms with E-state index in [-0.39, 0.29) is 29.8 Å². The molecule has 2 aromatic carbocycles. The molecule has 0 saturated carbocycles. The number of benzene rings is 2. The Balaban J connectivity index is 1.18. The summed E-state index contributed by atoms with van der Waals surface area (Å²) in [4.78, 5) is 45.0. The maximum absolute atomic E-state index is 13.0. The van der Waals surface area contributed by atoms with Gasteiger partial charge in [-0.15, -0.1) is 0 Å². The average Bonchev–Trinajstić information content (AvgIpc) is 3.53. The Hall–Kier alpha value is -4.79. The van der Waals surface area contributed by atoms with Crippen molar-refractivity contribution in [2.75, 3.05) is 13.1 Å². The molecule has 0 spiro atoms. The van der Waals surface area contributed by atoms with Gasteiger partial charge in [-0.3, -0.25) is 14.4 Å². The van der Waals surface area contributed by atoms with E-state index in [1.807, 2.05) is 59.5 Å². The number of carbonyl (C=O) groups excluding carboxylic acids is 2. The quantitative estimate of drug-likeness (QED) is 0.376. The number of hydrogen-bond donors (Lipinski definition) is 1. The Kier molecular flexibility index (Phi) is 5.72. The molecule has 0 aliphatic carbocycles. The van der Waals surface area contributed by atoms with Crippen LogP contribution in [-0.2, 0) is 17.9 Å². The number of pyridine rings is 1. The maximum atomic E-state index is 13.0. The minimum absolute atomic E-state index is 0.00507. The first kappa shape index (κ1) is 22.7. The van der Waals surface area contributed by atoms with Crippen LogP contribution in [0, 0.1) is 0 Å². The zero-order valence-corrected chi connectivity index (χ0v) is 19.9. The van der Waals surface area contributed by atoms with E-state index >= 15 is 0 Å². The van der Waals surface area contributed by atoms with Crippen LogP contribution in [0.3, 0.4) is 0 Å². The number of aromatic nitrogens is 4. The Bertz CT molecular complexity index is 1690. The molecule has 2 amide bonds. The lowest BCUT2D eigenvalue weighted by Crippen LogP contribution is -2.38. The summed E-state index contributed by atoms with van der Waals surface area (Å²) in [5.74, 6) is -0.383. The molecule has 0 bridgehead atoms. The molecular formula is C28H24N6O3. The van der Waals surface area contributed by atoms with Gasteiger partial charge in [-0.25, -0.2) is 9.50 Å². The van der Waals surface area contributed by atoms with Gasteiger partial charge in [0.25, 0.3) is 11.5 Å². The molecule has 9 heteroatoms. The number of carbonyl (C=O) groups is 2. The SMILES string of the molecule is O=C(Cn1ccc2c(cnc3ccnn32)c1=O)NC[C@@H](CN1Cc2ccccc2C1=O)c1ccccc1. The molecule has 1 aliphatic rings. The summed E-state index contributed by atoms with van der Waals surface area (Å²) in [6.07, 6.45) is 4.73. The molecule has 1 N–H and O–H groups in total. The number of nitrogens with one attached hydrogen (secondary N) is 1. The van der Waals surface area contributed by atoms with Crippen molar-refractivity contribution in [1.82, 2.24) is 29.4 Å². The normalized spacial score (nSPS) is 13.7. The van der Waals surface area contributed by atoms with E-state index < -0.39 is 0 Å². The number of fused-ring (bicyclic) bond motifs is 4. The van der Waals surface area contributed by atoms with Crippen LogP contribution in [-0.4, -0.2) is 49.0 Å². The van der Waals surface area contributed by atoms with Crippen LogP contribution < -0.4 is 10.9 Å². The molecule has 0 unspecified atom stereocenters. The minimum atomic E-state index is -0.308. The van der Waals surface area contributed by atoms with Gasteiger partial charge in [0.05, 0.1) is 17.1 Å². The first-order valence-electron chi connectivity index (χ1n) is 12.1. The van der Waals surface area contributed by atoms with Crippen molar-refractivity contribution in [3.63, 3.8) is 0 Å². The van der Waals surface area contributed by atoms with E-state index in [1.54, 1.807) is 29.0 Å². The summed E-state index contributed by atoms with van der Waals surface area (Å²) in [6.45, 7) is 1.23. The van der Waals surface area contributed by atoms with Gasteiger partial charge in [0.15, 0.2) is 5.65 Å². The van der Waals surface area contributed by atoms with Gasteiger partial charge in [0.2, 0.25) is 5.91 Å². The summed E-state index contributed by atoms with van der Waals surface area (Å²) in [5.41, 5.74) is 3.75. The van der Waals surface area contributed by atoms with E-state index in [2.05, 4.69) is 15.4 Å². The fourth-order valence-electron chi connectivity index (χ4n) is 4.91. The van der Waals surface area contributed by atoms with Crippen LogP contribution in [0.1, 0.15) is 27.4 Å². The van der Waals surface area contributed by atoms with Crippen LogP contribution in [0.4, 0.5) is 0 Å². The smallest absolute Gasteiger partial charge is 0.262 e. The van der Waals surface area contributed by atoms with E-state index in [9.17, 15) is 14.4 Å². The Morgan fingerprint density at radius 1 is 1.00 bits per heavy atom. The average molecular weight is 493 g/mol. The molecule has 0 fully saturated rings. The van der Waals surface area contributed by atoms with Gasteiger partial charge in [-0.05, 0) is 23.3 Å². The predicted octanol–water partition coefficient (Wildman–Crippen LogP) is 2.60. The molecule has 3 aromatic heterocycles. The zero-order valence-electron chi connectivity index (χ0n) is 19.9. The number of rotatable bonds is 7. The highest BCUT2D eigenvalue weighted by molar-refractivity contribution is 5.98. The lowest BCUT2D eigenvalue weighted by Gasteiger charge is -2.24. The predicted molar refractivity (Wildman–Crippen MR) is 138 cm³/mol. The molecule has 37 heavy (non-hydrogen) atoms. The highest BCUT2D eigenvalue weighted by atomic mass is 16.2. The van der Waals surface area contributed by atoms with Gasteiger partial charge in [-0.2, -0.15) is 5.10 Å². The Labute approximate surface area is 212 Å². The summed E-state index contributed by atoms with van der Waals surface area (Å²) in [7, 11) is 0. The molecule has 0 saturated heterocycles. The summed E-state index contributed by atoms with van der Waals surface area (Å²) < 4.78 is 2.97. The van der Waals surface area contributed by atoms with E-state index in [1.165, 1.54) is 10.8 Å². The van der Waals surface area contributed by atoms with Crippen molar-refractivity contribution in [3.8, 4) is 0 Å². The van der Waals surface area contributed by atoms with Gasteiger partial charge in [-0.1, -0.05) is 48.5 Å².